The molecule has 0 amide bonds. The zero-order valence-electron chi connectivity index (χ0n) is 13.2. The van der Waals surface area contributed by atoms with Crippen molar-refractivity contribution in [2.24, 2.45) is 0 Å². The third-order valence-electron chi connectivity index (χ3n) is 3.77. The summed E-state index contributed by atoms with van der Waals surface area (Å²) in [4.78, 5) is 6.47. The first kappa shape index (κ1) is 16.9. The maximum atomic E-state index is 10.2. The van der Waals surface area contributed by atoms with Crippen LogP contribution in [0.1, 0.15) is 16.7 Å². The number of aliphatic hydroxyl groups excluding tert-OH is 1. The van der Waals surface area contributed by atoms with Gasteiger partial charge in [-0.3, -0.25) is 4.90 Å². The zero-order chi connectivity index (χ0) is 16.8. The van der Waals surface area contributed by atoms with Crippen LogP contribution < -0.4 is 4.74 Å². The molecule has 1 saturated heterocycles. The molecule has 0 spiro atoms. The van der Waals surface area contributed by atoms with Gasteiger partial charge in [-0.1, -0.05) is 0 Å². The van der Waals surface area contributed by atoms with Crippen molar-refractivity contribution in [1.82, 2.24) is 9.88 Å². The molecule has 6 nitrogen and oxygen atoms in total. The lowest BCUT2D eigenvalue weighted by Crippen LogP contribution is -2.43. The number of β-amino-alcohol motifs (C(OH)–C–C–N with tert-alkyl or cyclic N) is 1. The number of ether oxygens (including phenoxy) is 2. The quantitative estimate of drug-likeness (QED) is 0.860. The summed E-state index contributed by atoms with van der Waals surface area (Å²) in [6.45, 7) is 2.89. The van der Waals surface area contributed by atoms with Crippen LogP contribution >= 0.6 is 11.3 Å². The smallest absolute Gasteiger partial charge is 0.123 e. The molecule has 0 radical (unpaired) electrons. The minimum absolute atomic E-state index is 0.0228. The van der Waals surface area contributed by atoms with E-state index in [1.165, 1.54) is 0 Å². The summed E-state index contributed by atoms with van der Waals surface area (Å²) in [6, 6.07) is 8.92. The predicted molar refractivity (Wildman–Crippen MR) is 89.9 cm³/mol. The van der Waals surface area contributed by atoms with Crippen LogP contribution in [0.15, 0.2) is 35.8 Å². The van der Waals surface area contributed by atoms with Gasteiger partial charge in [0.25, 0.3) is 0 Å². The summed E-state index contributed by atoms with van der Waals surface area (Å²) < 4.78 is 11.3. The average Bonchev–Trinajstić information content (AvgIpc) is 3.15. The highest BCUT2D eigenvalue weighted by atomic mass is 32.1. The highest BCUT2D eigenvalue weighted by Crippen LogP contribution is 2.23. The fraction of sp³-hybridized carbons (Fsp3) is 0.412. The minimum Gasteiger partial charge on any atom is -0.491 e. The normalized spacial score (nSPS) is 19.6. The van der Waals surface area contributed by atoms with Crippen molar-refractivity contribution >= 4 is 11.3 Å². The van der Waals surface area contributed by atoms with E-state index in [1.807, 2.05) is 5.38 Å². The SMILES string of the molecule is N#Cc1ccc(OC[C@H](O)CN2CCO[C@@H](c3nccs3)C2)cc1. The van der Waals surface area contributed by atoms with Gasteiger partial charge >= 0.3 is 0 Å². The Morgan fingerprint density at radius 3 is 3.00 bits per heavy atom. The van der Waals surface area contributed by atoms with Gasteiger partial charge < -0.3 is 14.6 Å². The molecule has 1 aromatic carbocycles. The average molecular weight is 345 g/mol. The van der Waals surface area contributed by atoms with Crippen LogP contribution in [0, 0.1) is 11.3 Å². The van der Waals surface area contributed by atoms with Gasteiger partial charge in [0.2, 0.25) is 0 Å². The molecule has 3 rings (SSSR count). The van der Waals surface area contributed by atoms with Crippen LogP contribution in [0.25, 0.3) is 0 Å². The van der Waals surface area contributed by atoms with E-state index in [1.54, 1.807) is 41.8 Å². The summed E-state index contributed by atoms with van der Waals surface area (Å²) in [5.41, 5.74) is 0.587. The minimum atomic E-state index is -0.587. The fourth-order valence-corrected chi connectivity index (χ4v) is 3.26. The van der Waals surface area contributed by atoms with E-state index < -0.39 is 6.10 Å². The van der Waals surface area contributed by atoms with Crippen LogP contribution in [0.4, 0.5) is 0 Å². The van der Waals surface area contributed by atoms with Gasteiger partial charge in [0.1, 0.15) is 29.6 Å². The first-order chi connectivity index (χ1) is 11.7. The number of nitriles is 1. The number of nitrogens with zero attached hydrogens (tertiary/aromatic N) is 3. The molecular weight excluding hydrogens is 326 g/mol. The molecule has 2 aromatic rings. The topological polar surface area (TPSA) is 78.6 Å². The molecule has 1 N–H and O–H groups in total. The van der Waals surface area contributed by atoms with Crippen molar-refractivity contribution in [3.8, 4) is 11.8 Å². The summed E-state index contributed by atoms with van der Waals surface area (Å²) in [6.07, 6.45) is 1.17. The molecule has 24 heavy (non-hydrogen) atoms. The van der Waals surface area contributed by atoms with Gasteiger partial charge in [-0.05, 0) is 24.3 Å². The van der Waals surface area contributed by atoms with Crippen molar-refractivity contribution in [3.63, 3.8) is 0 Å². The molecular formula is C17H19N3O3S. The first-order valence-corrected chi connectivity index (χ1v) is 8.67. The molecule has 7 heteroatoms. The standard InChI is InChI=1S/C17H19N3O3S/c18-9-13-1-3-15(4-2-13)23-12-14(21)10-20-6-7-22-16(11-20)17-19-5-8-24-17/h1-5,8,14,16,21H,6-7,10-12H2/t14-,16-/m1/s1. The summed E-state index contributed by atoms with van der Waals surface area (Å²) >= 11 is 1.59. The highest BCUT2D eigenvalue weighted by molar-refractivity contribution is 7.09. The lowest BCUT2D eigenvalue weighted by molar-refractivity contribution is -0.0460. The van der Waals surface area contributed by atoms with E-state index in [0.717, 1.165) is 18.1 Å². The first-order valence-electron chi connectivity index (χ1n) is 7.79. The number of morpholine rings is 1. The molecule has 1 fully saturated rings. The molecule has 0 saturated carbocycles. The number of benzene rings is 1. The van der Waals surface area contributed by atoms with Gasteiger partial charge in [0.05, 0.1) is 18.2 Å². The maximum absolute atomic E-state index is 10.2. The van der Waals surface area contributed by atoms with E-state index >= 15 is 0 Å². The fourth-order valence-electron chi connectivity index (χ4n) is 2.58. The Bertz CT molecular complexity index is 669. The number of thiazole rings is 1. The lowest BCUT2D eigenvalue weighted by atomic mass is 10.2. The predicted octanol–water partition coefficient (Wildman–Crippen LogP) is 1.83. The van der Waals surface area contributed by atoms with Gasteiger partial charge in [-0.2, -0.15) is 5.26 Å². The Kier molecular flexibility index (Phi) is 5.77. The van der Waals surface area contributed by atoms with E-state index in [2.05, 4.69) is 16.0 Å². The van der Waals surface area contributed by atoms with Crippen molar-refractivity contribution in [2.45, 2.75) is 12.2 Å². The van der Waals surface area contributed by atoms with E-state index in [0.29, 0.717) is 24.5 Å². The van der Waals surface area contributed by atoms with Crippen LogP contribution in [0.2, 0.25) is 0 Å². The Morgan fingerprint density at radius 2 is 2.29 bits per heavy atom. The number of hydrogen-bond donors (Lipinski definition) is 1. The third kappa shape index (κ3) is 4.52. The number of hydrogen-bond acceptors (Lipinski definition) is 7. The zero-order valence-corrected chi connectivity index (χ0v) is 14.0. The molecule has 2 heterocycles. The molecule has 0 aliphatic carbocycles. The van der Waals surface area contributed by atoms with Gasteiger partial charge in [-0.25, -0.2) is 4.98 Å². The van der Waals surface area contributed by atoms with E-state index in [-0.39, 0.29) is 12.7 Å². The third-order valence-corrected chi connectivity index (χ3v) is 4.64. The van der Waals surface area contributed by atoms with Crippen molar-refractivity contribution in [1.29, 1.82) is 5.26 Å². The number of aromatic nitrogens is 1. The highest BCUT2D eigenvalue weighted by Gasteiger charge is 2.25. The van der Waals surface area contributed by atoms with Gasteiger partial charge in [0.15, 0.2) is 0 Å². The second-order valence-corrected chi connectivity index (χ2v) is 6.52. The summed E-state index contributed by atoms with van der Waals surface area (Å²) in [7, 11) is 0. The summed E-state index contributed by atoms with van der Waals surface area (Å²) in [5.74, 6) is 0.649. The molecule has 1 aliphatic heterocycles. The Labute approximate surface area is 144 Å². The van der Waals surface area contributed by atoms with Crippen LogP contribution in [0.3, 0.4) is 0 Å². The second kappa shape index (κ2) is 8.22. The largest absolute Gasteiger partial charge is 0.491 e. The van der Waals surface area contributed by atoms with Crippen molar-refractivity contribution < 1.29 is 14.6 Å². The molecule has 126 valence electrons. The van der Waals surface area contributed by atoms with E-state index in [9.17, 15) is 5.11 Å². The van der Waals surface area contributed by atoms with Crippen molar-refractivity contribution in [3.05, 3.63) is 46.4 Å². The molecule has 1 aromatic heterocycles. The monoisotopic (exact) mass is 345 g/mol. The maximum Gasteiger partial charge on any atom is 0.123 e. The van der Waals surface area contributed by atoms with Gasteiger partial charge in [-0.15, -0.1) is 11.3 Å². The Balaban J connectivity index is 1.45. The molecule has 1 aliphatic rings. The number of rotatable bonds is 6. The summed E-state index contributed by atoms with van der Waals surface area (Å²) in [5, 5.41) is 21.9. The molecule has 2 atom stereocenters. The van der Waals surface area contributed by atoms with Gasteiger partial charge in [0, 0.05) is 31.2 Å². The number of aliphatic hydroxyl groups is 1. The molecule has 0 bridgehead atoms. The Morgan fingerprint density at radius 1 is 1.46 bits per heavy atom. The van der Waals surface area contributed by atoms with Crippen LogP contribution in [0.5, 0.6) is 5.75 Å². The van der Waals surface area contributed by atoms with E-state index in [4.69, 9.17) is 14.7 Å². The van der Waals surface area contributed by atoms with Crippen molar-refractivity contribution in [2.75, 3.05) is 32.8 Å². The van der Waals surface area contributed by atoms with Crippen LogP contribution in [-0.4, -0.2) is 53.9 Å². The second-order valence-electron chi connectivity index (χ2n) is 5.59. The lowest BCUT2D eigenvalue weighted by Gasteiger charge is -2.33. The molecule has 0 unspecified atom stereocenters. The Hall–Kier alpha value is -1.98. The van der Waals surface area contributed by atoms with Crippen LogP contribution in [-0.2, 0) is 4.74 Å².